The van der Waals surface area contributed by atoms with Gasteiger partial charge in [0.25, 0.3) is 0 Å². The third-order valence-corrected chi connectivity index (χ3v) is 3.94. The van der Waals surface area contributed by atoms with Crippen LogP contribution >= 0.6 is 0 Å². The molecule has 0 heterocycles. The molecule has 5 heteroatoms. The Morgan fingerprint density at radius 2 is 1.67 bits per heavy atom. The molecule has 0 aliphatic heterocycles. The largest absolute Gasteiger partial charge is 0.511 e. The van der Waals surface area contributed by atoms with Crippen LogP contribution in [0.1, 0.15) is 63.9 Å². The van der Waals surface area contributed by atoms with Gasteiger partial charge in [-0.25, -0.2) is 4.79 Å². The van der Waals surface area contributed by atoms with E-state index in [1.807, 2.05) is 0 Å². The van der Waals surface area contributed by atoms with Crippen molar-refractivity contribution in [2.45, 2.75) is 64.7 Å². The van der Waals surface area contributed by atoms with Crippen LogP contribution in [-0.2, 0) is 11.2 Å². The van der Waals surface area contributed by atoms with Crippen LogP contribution in [0.15, 0.2) is 18.2 Å². The summed E-state index contributed by atoms with van der Waals surface area (Å²) in [5, 5.41) is 18.6. The summed E-state index contributed by atoms with van der Waals surface area (Å²) in [6, 6.07) is 4.82. The van der Waals surface area contributed by atoms with Crippen molar-refractivity contribution < 1.29 is 24.5 Å². The van der Waals surface area contributed by atoms with Gasteiger partial charge in [0.05, 0.1) is 6.61 Å². The molecule has 0 spiro atoms. The fourth-order valence-electron chi connectivity index (χ4n) is 2.57. The van der Waals surface area contributed by atoms with Crippen molar-refractivity contribution in [3.05, 3.63) is 23.8 Å². The molecule has 0 radical (unpaired) electrons. The number of rotatable bonds is 13. The molecule has 0 unspecified atom stereocenters. The van der Waals surface area contributed by atoms with Crippen molar-refractivity contribution in [1.82, 2.24) is 0 Å². The number of carbonyl (C=O) groups is 1. The van der Waals surface area contributed by atoms with Crippen LogP contribution in [0, 0.1) is 0 Å². The van der Waals surface area contributed by atoms with E-state index in [0.717, 1.165) is 13.0 Å². The summed E-state index contributed by atoms with van der Waals surface area (Å²) in [5.74, 6) is -0.168. The number of hydrogen-bond donors (Lipinski definition) is 2. The van der Waals surface area contributed by atoms with E-state index in [4.69, 9.17) is 9.84 Å². The topological polar surface area (TPSA) is 76.0 Å². The van der Waals surface area contributed by atoms with Crippen LogP contribution < -0.4 is 4.74 Å². The number of aromatic hydroxyl groups is 1. The summed E-state index contributed by atoms with van der Waals surface area (Å²) in [6.07, 6.45) is 9.23. The molecular weight excluding hydrogens is 308 g/mol. The maximum Gasteiger partial charge on any atom is 0.511 e. The first-order chi connectivity index (χ1) is 11.6. The van der Waals surface area contributed by atoms with E-state index in [1.165, 1.54) is 51.0 Å². The second-order valence-electron chi connectivity index (χ2n) is 5.97. The summed E-state index contributed by atoms with van der Waals surface area (Å²) in [5.41, 5.74) is 0.629. The summed E-state index contributed by atoms with van der Waals surface area (Å²) in [4.78, 5) is 10.5. The van der Waals surface area contributed by atoms with Crippen LogP contribution in [0.5, 0.6) is 11.5 Å². The number of ether oxygens (including phenoxy) is 2. The Kier molecular flexibility index (Phi) is 10.7. The minimum absolute atomic E-state index is 0.0388. The van der Waals surface area contributed by atoms with Gasteiger partial charge in [0, 0.05) is 12.2 Å². The number of phenolic OH excluding ortho intramolecular Hbond substituents is 1. The molecule has 0 aromatic heterocycles. The number of unbranched alkanes of at least 4 members (excludes halogenated alkanes) is 7. The zero-order chi connectivity index (χ0) is 17.6. The quantitative estimate of drug-likeness (QED) is 0.295. The third-order valence-electron chi connectivity index (χ3n) is 3.94. The van der Waals surface area contributed by atoms with Gasteiger partial charge in [-0.2, -0.15) is 0 Å². The first kappa shape index (κ1) is 20.3. The van der Waals surface area contributed by atoms with Crippen molar-refractivity contribution in [3.8, 4) is 11.5 Å². The Morgan fingerprint density at radius 3 is 2.33 bits per heavy atom. The molecule has 2 N–H and O–H groups in total. The summed E-state index contributed by atoms with van der Waals surface area (Å²) < 4.78 is 10.1. The molecule has 0 aliphatic rings. The van der Waals surface area contributed by atoms with E-state index in [2.05, 4.69) is 11.7 Å². The van der Waals surface area contributed by atoms with Crippen LogP contribution in [0.25, 0.3) is 0 Å². The van der Waals surface area contributed by atoms with Gasteiger partial charge in [-0.3, -0.25) is 0 Å². The number of phenols is 1. The van der Waals surface area contributed by atoms with E-state index in [0.29, 0.717) is 18.6 Å². The molecule has 1 aromatic rings. The molecular formula is C19H30O5. The normalized spacial score (nSPS) is 10.7. The standard InChI is InChI=1S/C19H30O5/c1-2-3-4-5-6-7-8-9-14-23-15-13-16-11-10-12-17(18(16)20)24-19(21)22/h10-12,20H,2-9,13-15H2,1H3,(H,21,22). The van der Waals surface area contributed by atoms with Crippen LogP contribution in [0.3, 0.4) is 0 Å². The molecule has 0 bridgehead atoms. The highest BCUT2D eigenvalue weighted by atomic mass is 16.7. The predicted molar refractivity (Wildman–Crippen MR) is 93.9 cm³/mol. The lowest BCUT2D eigenvalue weighted by molar-refractivity contribution is 0.132. The zero-order valence-electron chi connectivity index (χ0n) is 14.6. The van der Waals surface area contributed by atoms with E-state index in [-0.39, 0.29) is 11.5 Å². The molecule has 1 rings (SSSR count). The van der Waals surface area contributed by atoms with Gasteiger partial charge in [-0.05, 0) is 18.9 Å². The Hall–Kier alpha value is -1.75. The lowest BCUT2D eigenvalue weighted by Crippen LogP contribution is -2.05. The average Bonchev–Trinajstić information content (AvgIpc) is 2.55. The summed E-state index contributed by atoms with van der Waals surface area (Å²) >= 11 is 0. The van der Waals surface area contributed by atoms with Crippen molar-refractivity contribution in [3.63, 3.8) is 0 Å². The smallest absolute Gasteiger partial charge is 0.504 e. The Bertz CT molecular complexity index is 473. The zero-order valence-corrected chi connectivity index (χ0v) is 14.6. The molecule has 0 fully saturated rings. The highest BCUT2D eigenvalue weighted by Crippen LogP contribution is 2.30. The van der Waals surface area contributed by atoms with Crippen molar-refractivity contribution in [2.24, 2.45) is 0 Å². The minimum Gasteiger partial charge on any atom is -0.504 e. The van der Waals surface area contributed by atoms with Gasteiger partial charge in [0.2, 0.25) is 0 Å². The van der Waals surface area contributed by atoms with E-state index in [1.54, 1.807) is 12.1 Å². The Labute approximate surface area is 144 Å². The third kappa shape index (κ3) is 8.77. The Balaban J connectivity index is 2.10. The summed E-state index contributed by atoms with van der Waals surface area (Å²) in [7, 11) is 0. The number of para-hydroxylation sites is 1. The molecule has 0 saturated carbocycles. The lowest BCUT2D eigenvalue weighted by Gasteiger charge is -2.09. The second kappa shape index (κ2) is 12.6. The highest BCUT2D eigenvalue weighted by Gasteiger charge is 2.10. The number of carboxylic acid groups (broad SMARTS) is 1. The van der Waals surface area contributed by atoms with E-state index >= 15 is 0 Å². The molecule has 1 aromatic carbocycles. The molecule has 0 saturated heterocycles. The van der Waals surface area contributed by atoms with Crippen LogP contribution in [-0.4, -0.2) is 29.6 Å². The van der Waals surface area contributed by atoms with Gasteiger partial charge in [0.1, 0.15) is 0 Å². The average molecular weight is 338 g/mol. The first-order valence-corrected chi connectivity index (χ1v) is 8.94. The van der Waals surface area contributed by atoms with Crippen molar-refractivity contribution in [1.29, 1.82) is 0 Å². The van der Waals surface area contributed by atoms with E-state index in [9.17, 15) is 9.90 Å². The van der Waals surface area contributed by atoms with Gasteiger partial charge in [0.15, 0.2) is 11.5 Å². The molecule has 136 valence electrons. The highest BCUT2D eigenvalue weighted by molar-refractivity contribution is 5.63. The lowest BCUT2D eigenvalue weighted by atomic mass is 10.1. The number of benzene rings is 1. The maximum absolute atomic E-state index is 10.5. The summed E-state index contributed by atoms with van der Waals surface area (Å²) in [6.45, 7) is 3.45. The molecule has 0 aliphatic carbocycles. The monoisotopic (exact) mass is 338 g/mol. The van der Waals surface area contributed by atoms with Crippen molar-refractivity contribution in [2.75, 3.05) is 13.2 Å². The van der Waals surface area contributed by atoms with Crippen LogP contribution in [0.2, 0.25) is 0 Å². The Morgan fingerprint density at radius 1 is 1.00 bits per heavy atom. The maximum atomic E-state index is 10.5. The van der Waals surface area contributed by atoms with E-state index < -0.39 is 6.16 Å². The molecule has 24 heavy (non-hydrogen) atoms. The fraction of sp³-hybridized carbons (Fsp3) is 0.632. The SMILES string of the molecule is CCCCCCCCCCOCCc1cccc(OC(=O)O)c1O. The minimum atomic E-state index is -1.44. The fourth-order valence-corrected chi connectivity index (χ4v) is 2.57. The predicted octanol–water partition coefficient (Wildman–Crippen LogP) is 5.15. The van der Waals surface area contributed by atoms with Crippen LogP contribution in [0.4, 0.5) is 4.79 Å². The molecule has 0 atom stereocenters. The number of hydrogen-bond acceptors (Lipinski definition) is 4. The first-order valence-electron chi connectivity index (χ1n) is 8.94. The van der Waals surface area contributed by atoms with Gasteiger partial charge >= 0.3 is 6.16 Å². The molecule has 0 amide bonds. The molecule has 5 nitrogen and oxygen atoms in total. The van der Waals surface area contributed by atoms with Crippen molar-refractivity contribution >= 4 is 6.16 Å². The van der Waals surface area contributed by atoms with Gasteiger partial charge in [-0.1, -0.05) is 64.0 Å². The van der Waals surface area contributed by atoms with Gasteiger partial charge in [-0.15, -0.1) is 0 Å². The van der Waals surface area contributed by atoms with Gasteiger partial charge < -0.3 is 19.7 Å². The second-order valence-corrected chi connectivity index (χ2v) is 5.97.